The van der Waals surface area contributed by atoms with Crippen molar-refractivity contribution in [3.63, 3.8) is 0 Å². The van der Waals surface area contributed by atoms with E-state index < -0.39 is 23.7 Å². The summed E-state index contributed by atoms with van der Waals surface area (Å²) in [5.74, 6) is -2.57. The number of aliphatic carboxylic acids is 1. The second-order valence-electron chi connectivity index (χ2n) is 6.96. The number of imide groups is 1. The number of nitrogens with one attached hydrogen (secondary N) is 1. The number of amides is 2. The van der Waals surface area contributed by atoms with Crippen LogP contribution in [0.5, 0.6) is 0 Å². The molecule has 0 spiro atoms. The molecule has 4 rings (SSSR count). The summed E-state index contributed by atoms with van der Waals surface area (Å²) in [5.41, 5.74) is 1.71. The maximum absolute atomic E-state index is 12.3. The van der Waals surface area contributed by atoms with E-state index in [2.05, 4.69) is 10.2 Å². The summed E-state index contributed by atoms with van der Waals surface area (Å²) in [7, 11) is 0. The lowest BCUT2D eigenvalue weighted by Crippen LogP contribution is -2.43. The molecule has 9 nitrogen and oxygen atoms in total. The van der Waals surface area contributed by atoms with Gasteiger partial charge in [-0.05, 0) is 31.4 Å². The first-order valence-corrected chi connectivity index (χ1v) is 8.90. The van der Waals surface area contributed by atoms with Gasteiger partial charge in [0.2, 0.25) is 11.8 Å². The fourth-order valence-electron chi connectivity index (χ4n) is 3.83. The Labute approximate surface area is 153 Å². The van der Waals surface area contributed by atoms with Crippen molar-refractivity contribution in [1.82, 2.24) is 9.88 Å². The molecule has 0 aliphatic carbocycles. The van der Waals surface area contributed by atoms with Crippen molar-refractivity contribution in [3.8, 4) is 0 Å². The number of hydrogen-bond acceptors (Lipinski definition) is 6. The first kappa shape index (κ1) is 17.3. The maximum atomic E-state index is 12.3. The molecule has 2 aromatic rings. The third-order valence-electron chi connectivity index (χ3n) is 5.33. The number of carbonyl (C=O) groups excluding carboxylic acids is 2. The molecular formula is C18H19N3O6. The van der Waals surface area contributed by atoms with Crippen molar-refractivity contribution in [2.45, 2.75) is 31.7 Å². The molecule has 1 aromatic carbocycles. The highest BCUT2D eigenvalue weighted by atomic mass is 16.4. The summed E-state index contributed by atoms with van der Waals surface area (Å²) >= 11 is 0. The topological polar surface area (TPSA) is 122 Å². The third kappa shape index (κ3) is 3.09. The molecule has 2 N–H and O–H groups in total. The Kier molecular flexibility index (Phi) is 4.21. The highest BCUT2D eigenvalue weighted by Gasteiger charge is 2.31. The van der Waals surface area contributed by atoms with Crippen LogP contribution in [0.1, 0.15) is 31.7 Å². The first-order chi connectivity index (χ1) is 12.9. The second-order valence-corrected chi connectivity index (χ2v) is 6.96. The van der Waals surface area contributed by atoms with Gasteiger partial charge in [0.1, 0.15) is 6.04 Å². The number of anilines is 1. The standard InChI is InChI=1S/C18H19N3O6/c22-15-4-3-13(16(23)19-15)21-12-2-1-11(9-14(12)27-18(21)26)20-7-5-10(6-8-20)17(24)25/h1-2,9-10,13H,3-8H2,(H,24,25)(H,19,22,23). The Bertz CT molecular complexity index is 983. The summed E-state index contributed by atoms with van der Waals surface area (Å²) in [6.45, 7) is 1.22. The number of rotatable bonds is 3. The molecule has 9 heteroatoms. The van der Waals surface area contributed by atoms with Crippen LogP contribution in [-0.2, 0) is 14.4 Å². The molecule has 2 saturated heterocycles. The van der Waals surface area contributed by atoms with Gasteiger partial charge in [-0.25, -0.2) is 4.79 Å². The molecule has 2 aliphatic heterocycles. The molecule has 2 amide bonds. The predicted octanol–water partition coefficient (Wildman–Crippen LogP) is 0.873. The Morgan fingerprint density at radius 1 is 1.15 bits per heavy atom. The minimum atomic E-state index is -0.770. The molecule has 3 heterocycles. The number of nitrogens with zero attached hydrogens (tertiary/aromatic N) is 2. The SMILES string of the molecule is O=C1CCC(n2c(=O)oc3cc(N4CCC(C(=O)O)CC4)ccc32)C(=O)N1. The lowest BCUT2D eigenvalue weighted by molar-refractivity contribution is -0.142. The quantitative estimate of drug-likeness (QED) is 0.766. The van der Waals surface area contributed by atoms with Gasteiger partial charge in [-0.2, -0.15) is 0 Å². The van der Waals surface area contributed by atoms with E-state index in [-0.39, 0.29) is 24.7 Å². The number of carbonyl (C=O) groups is 3. The van der Waals surface area contributed by atoms with E-state index in [0.29, 0.717) is 37.0 Å². The van der Waals surface area contributed by atoms with Gasteiger partial charge in [-0.1, -0.05) is 0 Å². The monoisotopic (exact) mass is 373 g/mol. The Morgan fingerprint density at radius 2 is 1.89 bits per heavy atom. The molecule has 1 aromatic heterocycles. The minimum absolute atomic E-state index is 0.173. The zero-order valence-corrected chi connectivity index (χ0v) is 14.5. The fraction of sp³-hybridized carbons (Fsp3) is 0.444. The second kappa shape index (κ2) is 6.57. The molecule has 0 saturated carbocycles. The van der Waals surface area contributed by atoms with Crippen LogP contribution < -0.4 is 16.0 Å². The van der Waals surface area contributed by atoms with Crippen LogP contribution in [0.25, 0.3) is 11.1 Å². The van der Waals surface area contributed by atoms with Gasteiger partial charge in [0.15, 0.2) is 5.58 Å². The van der Waals surface area contributed by atoms with Gasteiger partial charge in [0.05, 0.1) is 11.4 Å². The summed E-state index contributed by atoms with van der Waals surface area (Å²) in [6, 6.07) is 4.53. The average Bonchev–Trinajstić information content (AvgIpc) is 2.97. The van der Waals surface area contributed by atoms with E-state index in [1.807, 2.05) is 6.07 Å². The lowest BCUT2D eigenvalue weighted by Gasteiger charge is -2.31. The average molecular weight is 373 g/mol. The highest BCUT2D eigenvalue weighted by Crippen LogP contribution is 2.29. The van der Waals surface area contributed by atoms with Crippen LogP contribution in [0.2, 0.25) is 0 Å². The van der Waals surface area contributed by atoms with Crippen molar-refractivity contribution in [1.29, 1.82) is 0 Å². The molecule has 142 valence electrons. The van der Waals surface area contributed by atoms with Gasteiger partial charge in [0.25, 0.3) is 0 Å². The zero-order chi connectivity index (χ0) is 19.1. The van der Waals surface area contributed by atoms with Crippen molar-refractivity contribution >= 4 is 34.6 Å². The van der Waals surface area contributed by atoms with Crippen molar-refractivity contribution in [2.75, 3.05) is 18.0 Å². The van der Waals surface area contributed by atoms with Crippen LogP contribution in [-0.4, -0.2) is 40.5 Å². The van der Waals surface area contributed by atoms with Crippen LogP contribution in [0.4, 0.5) is 5.69 Å². The zero-order valence-electron chi connectivity index (χ0n) is 14.5. The maximum Gasteiger partial charge on any atom is 0.420 e. The van der Waals surface area contributed by atoms with Gasteiger partial charge >= 0.3 is 11.7 Å². The van der Waals surface area contributed by atoms with Crippen LogP contribution in [0.3, 0.4) is 0 Å². The number of benzene rings is 1. The first-order valence-electron chi connectivity index (χ1n) is 8.90. The third-order valence-corrected chi connectivity index (χ3v) is 5.33. The van der Waals surface area contributed by atoms with Gasteiger partial charge < -0.3 is 14.4 Å². The summed E-state index contributed by atoms with van der Waals surface area (Å²) < 4.78 is 6.63. The normalized spacial score (nSPS) is 21.5. The number of aromatic nitrogens is 1. The number of carboxylic acids is 1. The minimum Gasteiger partial charge on any atom is -0.481 e. The predicted molar refractivity (Wildman–Crippen MR) is 94.5 cm³/mol. The summed E-state index contributed by atoms with van der Waals surface area (Å²) in [4.78, 5) is 48.9. The number of oxazole rings is 1. The highest BCUT2D eigenvalue weighted by molar-refractivity contribution is 6.00. The molecule has 0 bridgehead atoms. The van der Waals surface area contributed by atoms with Gasteiger partial charge in [-0.15, -0.1) is 0 Å². The number of carboxylic acid groups (broad SMARTS) is 1. The Balaban J connectivity index is 1.62. The van der Waals surface area contributed by atoms with E-state index in [0.717, 1.165) is 5.69 Å². The van der Waals surface area contributed by atoms with E-state index >= 15 is 0 Å². The van der Waals surface area contributed by atoms with Crippen LogP contribution in [0, 0.1) is 5.92 Å². The number of piperidine rings is 2. The van der Waals surface area contributed by atoms with Crippen molar-refractivity contribution in [3.05, 3.63) is 28.7 Å². The van der Waals surface area contributed by atoms with E-state index in [4.69, 9.17) is 9.52 Å². The smallest absolute Gasteiger partial charge is 0.420 e. The molecule has 1 unspecified atom stereocenters. The Morgan fingerprint density at radius 3 is 2.56 bits per heavy atom. The van der Waals surface area contributed by atoms with E-state index in [1.54, 1.807) is 12.1 Å². The molecule has 27 heavy (non-hydrogen) atoms. The van der Waals surface area contributed by atoms with E-state index in [1.165, 1.54) is 4.57 Å². The fourth-order valence-corrected chi connectivity index (χ4v) is 3.83. The van der Waals surface area contributed by atoms with Gasteiger partial charge in [-0.3, -0.25) is 24.3 Å². The molecule has 2 aliphatic rings. The molecule has 1 atom stereocenters. The molecular weight excluding hydrogens is 354 g/mol. The largest absolute Gasteiger partial charge is 0.481 e. The summed E-state index contributed by atoms with van der Waals surface area (Å²) in [6.07, 6.45) is 1.55. The summed E-state index contributed by atoms with van der Waals surface area (Å²) in [5, 5.41) is 11.4. The van der Waals surface area contributed by atoms with Crippen molar-refractivity contribution in [2.24, 2.45) is 5.92 Å². The molecule has 0 radical (unpaired) electrons. The Hall–Kier alpha value is -3.10. The van der Waals surface area contributed by atoms with Crippen molar-refractivity contribution < 1.29 is 23.9 Å². The van der Waals surface area contributed by atoms with Crippen LogP contribution >= 0.6 is 0 Å². The van der Waals surface area contributed by atoms with Gasteiger partial charge in [0, 0.05) is 31.3 Å². The van der Waals surface area contributed by atoms with E-state index in [9.17, 15) is 19.2 Å². The van der Waals surface area contributed by atoms with Crippen LogP contribution in [0.15, 0.2) is 27.4 Å². The molecule has 2 fully saturated rings. The lowest BCUT2D eigenvalue weighted by atomic mass is 9.97. The number of hydrogen-bond donors (Lipinski definition) is 2. The number of fused-ring (bicyclic) bond motifs is 1.